The second-order valence-electron chi connectivity index (χ2n) is 6.10. The number of rotatable bonds is 7. The van der Waals surface area contributed by atoms with Gasteiger partial charge in [0.05, 0.1) is 0 Å². The van der Waals surface area contributed by atoms with Gasteiger partial charge in [-0.05, 0) is 40.0 Å². The van der Waals surface area contributed by atoms with Crippen LogP contribution in [0.1, 0.15) is 48.0 Å². The Balaban J connectivity index is 3.87. The minimum atomic E-state index is -0.638. The molecule has 112 valence electrons. The highest BCUT2D eigenvalue weighted by molar-refractivity contribution is 5.82. The Hall–Kier alpha value is -1.10. The SMILES string of the molecule is CC(C)CCOC(C)C(=O)OCC(=O)NC(C)(C)C. The van der Waals surface area contributed by atoms with Crippen molar-refractivity contribution in [2.24, 2.45) is 5.92 Å². The highest BCUT2D eigenvalue weighted by Crippen LogP contribution is 2.03. The first kappa shape index (κ1) is 17.9. The summed E-state index contributed by atoms with van der Waals surface area (Å²) in [5, 5.41) is 2.71. The first-order valence-corrected chi connectivity index (χ1v) is 6.71. The maximum absolute atomic E-state index is 11.6. The number of carbonyl (C=O) groups excluding carboxylic acids is 2. The smallest absolute Gasteiger partial charge is 0.335 e. The molecule has 0 fully saturated rings. The molecule has 5 nitrogen and oxygen atoms in total. The van der Waals surface area contributed by atoms with Crippen LogP contribution in [0.5, 0.6) is 0 Å². The molecule has 0 saturated carbocycles. The van der Waals surface area contributed by atoms with Crippen molar-refractivity contribution >= 4 is 11.9 Å². The number of amides is 1. The standard InChI is InChI=1S/C14H27NO4/c1-10(2)7-8-18-11(3)13(17)19-9-12(16)15-14(4,5)6/h10-11H,7-9H2,1-6H3,(H,15,16). The molecule has 0 aromatic heterocycles. The Labute approximate surface area is 116 Å². The van der Waals surface area contributed by atoms with Crippen LogP contribution in [0.2, 0.25) is 0 Å². The molecular weight excluding hydrogens is 246 g/mol. The molecule has 0 aliphatic heterocycles. The highest BCUT2D eigenvalue weighted by Gasteiger charge is 2.18. The fourth-order valence-corrected chi connectivity index (χ4v) is 1.26. The maximum Gasteiger partial charge on any atom is 0.335 e. The van der Waals surface area contributed by atoms with E-state index in [1.54, 1.807) is 6.92 Å². The van der Waals surface area contributed by atoms with E-state index >= 15 is 0 Å². The van der Waals surface area contributed by atoms with Crippen molar-refractivity contribution in [1.82, 2.24) is 5.32 Å². The largest absolute Gasteiger partial charge is 0.454 e. The van der Waals surface area contributed by atoms with Crippen LogP contribution in [-0.4, -0.2) is 36.7 Å². The topological polar surface area (TPSA) is 64.6 Å². The molecule has 1 unspecified atom stereocenters. The number of hydrogen-bond acceptors (Lipinski definition) is 4. The van der Waals surface area contributed by atoms with E-state index in [0.717, 1.165) is 6.42 Å². The Bertz CT molecular complexity index is 294. The summed E-state index contributed by atoms with van der Waals surface area (Å²) >= 11 is 0. The number of ether oxygens (including phenoxy) is 2. The number of esters is 1. The lowest BCUT2D eigenvalue weighted by Gasteiger charge is -2.20. The van der Waals surface area contributed by atoms with E-state index in [0.29, 0.717) is 12.5 Å². The third kappa shape index (κ3) is 10.5. The molecule has 0 spiro atoms. The van der Waals surface area contributed by atoms with Gasteiger partial charge in [0.15, 0.2) is 12.7 Å². The van der Waals surface area contributed by atoms with Crippen LogP contribution < -0.4 is 5.32 Å². The van der Waals surface area contributed by atoms with Crippen molar-refractivity contribution in [1.29, 1.82) is 0 Å². The van der Waals surface area contributed by atoms with Gasteiger partial charge < -0.3 is 14.8 Å². The molecule has 0 radical (unpaired) electrons. The summed E-state index contributed by atoms with van der Waals surface area (Å²) in [6.45, 7) is 11.6. The van der Waals surface area contributed by atoms with Gasteiger partial charge in [0, 0.05) is 12.1 Å². The second-order valence-corrected chi connectivity index (χ2v) is 6.10. The molecule has 1 amide bonds. The van der Waals surface area contributed by atoms with E-state index in [9.17, 15) is 9.59 Å². The molecule has 1 N–H and O–H groups in total. The van der Waals surface area contributed by atoms with Gasteiger partial charge in [0.1, 0.15) is 0 Å². The van der Waals surface area contributed by atoms with Crippen LogP contribution in [0.4, 0.5) is 0 Å². The van der Waals surface area contributed by atoms with Gasteiger partial charge in [0.2, 0.25) is 0 Å². The van der Waals surface area contributed by atoms with Gasteiger partial charge in [-0.3, -0.25) is 4.79 Å². The molecule has 0 aromatic carbocycles. The third-order valence-corrected chi connectivity index (χ3v) is 2.25. The van der Waals surface area contributed by atoms with Crippen molar-refractivity contribution in [3.63, 3.8) is 0 Å². The number of nitrogens with one attached hydrogen (secondary N) is 1. The van der Waals surface area contributed by atoms with Crippen molar-refractivity contribution in [2.45, 2.75) is 59.6 Å². The Morgan fingerprint density at radius 2 is 1.74 bits per heavy atom. The van der Waals surface area contributed by atoms with E-state index in [4.69, 9.17) is 9.47 Å². The molecule has 1 atom stereocenters. The summed E-state index contributed by atoms with van der Waals surface area (Å²) in [5.74, 6) is -0.288. The zero-order valence-corrected chi connectivity index (χ0v) is 12.9. The third-order valence-electron chi connectivity index (χ3n) is 2.25. The number of carbonyl (C=O) groups is 2. The Morgan fingerprint density at radius 3 is 2.21 bits per heavy atom. The lowest BCUT2D eigenvalue weighted by atomic mass is 10.1. The lowest BCUT2D eigenvalue weighted by molar-refractivity contribution is -0.159. The van der Waals surface area contributed by atoms with Crippen LogP contribution in [0.25, 0.3) is 0 Å². The predicted molar refractivity (Wildman–Crippen MR) is 73.7 cm³/mol. The summed E-state index contributed by atoms with van der Waals surface area (Å²) < 4.78 is 10.2. The van der Waals surface area contributed by atoms with Crippen LogP contribution in [-0.2, 0) is 19.1 Å². The van der Waals surface area contributed by atoms with E-state index in [2.05, 4.69) is 19.2 Å². The number of hydrogen-bond donors (Lipinski definition) is 1. The molecular formula is C14H27NO4. The summed E-state index contributed by atoms with van der Waals surface area (Å²) in [4.78, 5) is 23.0. The predicted octanol–water partition coefficient (Wildman–Crippen LogP) is 1.90. The van der Waals surface area contributed by atoms with Crippen molar-refractivity contribution < 1.29 is 19.1 Å². The molecule has 5 heteroatoms. The van der Waals surface area contributed by atoms with Crippen LogP contribution >= 0.6 is 0 Å². The van der Waals surface area contributed by atoms with E-state index < -0.39 is 12.1 Å². The molecule has 0 saturated heterocycles. The Morgan fingerprint density at radius 1 is 1.16 bits per heavy atom. The summed E-state index contributed by atoms with van der Waals surface area (Å²) in [6.07, 6.45) is 0.253. The normalized spacial score (nSPS) is 13.2. The summed E-state index contributed by atoms with van der Waals surface area (Å²) in [5.41, 5.74) is -0.330. The summed E-state index contributed by atoms with van der Waals surface area (Å²) in [7, 11) is 0. The van der Waals surface area contributed by atoms with Crippen LogP contribution in [0.3, 0.4) is 0 Å². The van der Waals surface area contributed by atoms with E-state index in [-0.39, 0.29) is 18.1 Å². The van der Waals surface area contributed by atoms with Crippen molar-refractivity contribution in [3.8, 4) is 0 Å². The van der Waals surface area contributed by atoms with E-state index in [1.165, 1.54) is 0 Å². The van der Waals surface area contributed by atoms with Gasteiger partial charge in [-0.15, -0.1) is 0 Å². The molecule has 0 aliphatic carbocycles. The van der Waals surface area contributed by atoms with Gasteiger partial charge >= 0.3 is 5.97 Å². The van der Waals surface area contributed by atoms with Gasteiger partial charge in [-0.2, -0.15) is 0 Å². The molecule has 0 rings (SSSR count). The molecule has 0 aliphatic rings. The molecule has 0 aromatic rings. The fourth-order valence-electron chi connectivity index (χ4n) is 1.26. The Kier molecular flexibility index (Phi) is 7.68. The van der Waals surface area contributed by atoms with Crippen molar-refractivity contribution in [3.05, 3.63) is 0 Å². The maximum atomic E-state index is 11.6. The van der Waals surface area contributed by atoms with Gasteiger partial charge in [0.25, 0.3) is 5.91 Å². The first-order valence-electron chi connectivity index (χ1n) is 6.71. The first-order chi connectivity index (χ1) is 8.61. The van der Waals surface area contributed by atoms with Gasteiger partial charge in [-0.25, -0.2) is 4.79 Å². The summed E-state index contributed by atoms with van der Waals surface area (Å²) in [6, 6.07) is 0. The highest BCUT2D eigenvalue weighted by atomic mass is 16.6. The average Bonchev–Trinajstić information content (AvgIpc) is 2.22. The molecule has 19 heavy (non-hydrogen) atoms. The van der Waals surface area contributed by atoms with E-state index in [1.807, 2.05) is 20.8 Å². The minimum Gasteiger partial charge on any atom is -0.454 e. The second kappa shape index (κ2) is 8.15. The lowest BCUT2D eigenvalue weighted by Crippen LogP contribution is -2.43. The zero-order chi connectivity index (χ0) is 15.1. The monoisotopic (exact) mass is 273 g/mol. The zero-order valence-electron chi connectivity index (χ0n) is 12.9. The van der Waals surface area contributed by atoms with Crippen LogP contribution in [0.15, 0.2) is 0 Å². The molecule has 0 bridgehead atoms. The average molecular weight is 273 g/mol. The van der Waals surface area contributed by atoms with Gasteiger partial charge in [-0.1, -0.05) is 13.8 Å². The fraction of sp³-hybridized carbons (Fsp3) is 0.857. The minimum absolute atomic E-state index is 0.270. The van der Waals surface area contributed by atoms with Crippen LogP contribution in [0, 0.1) is 5.92 Å². The quantitative estimate of drug-likeness (QED) is 0.719. The van der Waals surface area contributed by atoms with Crippen molar-refractivity contribution in [2.75, 3.05) is 13.2 Å². The molecule has 0 heterocycles.